The second-order valence-electron chi connectivity index (χ2n) is 4.06. The van der Waals surface area contributed by atoms with E-state index in [9.17, 15) is 4.39 Å². The standard InChI is InChI=1S/C12H11F/c13-12-3-1-8(2-4-12)9-5-10-7-11(10)6-9/h1-5,10-11H,6-7H2/t10-,11+/m1/s1. The van der Waals surface area contributed by atoms with Gasteiger partial charge in [-0.2, -0.15) is 0 Å². The number of allylic oxidation sites excluding steroid dienone is 2. The van der Waals surface area contributed by atoms with Crippen molar-refractivity contribution in [3.05, 3.63) is 41.7 Å². The van der Waals surface area contributed by atoms with Crippen LogP contribution in [0.1, 0.15) is 18.4 Å². The molecule has 2 aliphatic rings. The molecule has 0 heterocycles. The maximum atomic E-state index is 12.6. The average molecular weight is 174 g/mol. The van der Waals surface area contributed by atoms with Crippen LogP contribution in [0.15, 0.2) is 30.3 Å². The Morgan fingerprint density at radius 1 is 1.15 bits per heavy atom. The summed E-state index contributed by atoms with van der Waals surface area (Å²) < 4.78 is 12.6. The van der Waals surface area contributed by atoms with Gasteiger partial charge in [-0.05, 0) is 47.9 Å². The van der Waals surface area contributed by atoms with Crippen LogP contribution in [0, 0.1) is 17.7 Å². The fraction of sp³-hybridized carbons (Fsp3) is 0.333. The summed E-state index contributed by atoms with van der Waals surface area (Å²) in [5.74, 6) is 1.62. The first-order chi connectivity index (χ1) is 6.33. The molecule has 2 aliphatic carbocycles. The van der Waals surface area contributed by atoms with Crippen LogP contribution >= 0.6 is 0 Å². The molecular formula is C12H11F. The van der Waals surface area contributed by atoms with Crippen molar-refractivity contribution in [2.24, 2.45) is 11.8 Å². The van der Waals surface area contributed by atoms with E-state index in [1.165, 1.54) is 24.0 Å². The Morgan fingerprint density at radius 3 is 2.54 bits per heavy atom. The Morgan fingerprint density at radius 2 is 1.92 bits per heavy atom. The molecule has 0 N–H and O–H groups in total. The molecule has 0 bridgehead atoms. The van der Waals surface area contributed by atoms with Gasteiger partial charge in [0.2, 0.25) is 0 Å². The molecule has 0 aliphatic heterocycles. The Kier molecular flexibility index (Phi) is 1.37. The Bertz CT molecular complexity index is 361. The molecular weight excluding hydrogens is 163 g/mol. The van der Waals surface area contributed by atoms with Crippen LogP contribution in [0.2, 0.25) is 0 Å². The topological polar surface area (TPSA) is 0 Å². The minimum atomic E-state index is -0.146. The monoisotopic (exact) mass is 174 g/mol. The minimum absolute atomic E-state index is 0.146. The van der Waals surface area contributed by atoms with Gasteiger partial charge in [-0.25, -0.2) is 4.39 Å². The molecule has 0 nitrogen and oxygen atoms in total. The Labute approximate surface area is 77.1 Å². The minimum Gasteiger partial charge on any atom is -0.207 e. The third-order valence-corrected chi connectivity index (χ3v) is 3.09. The normalized spacial score (nSPS) is 29.8. The van der Waals surface area contributed by atoms with E-state index in [2.05, 4.69) is 6.08 Å². The summed E-state index contributed by atoms with van der Waals surface area (Å²) in [5.41, 5.74) is 2.62. The van der Waals surface area contributed by atoms with Crippen molar-refractivity contribution in [3.63, 3.8) is 0 Å². The van der Waals surface area contributed by atoms with E-state index in [1.54, 1.807) is 12.1 Å². The highest BCUT2D eigenvalue weighted by molar-refractivity contribution is 5.69. The number of fused-ring (bicyclic) bond motifs is 1. The second-order valence-corrected chi connectivity index (χ2v) is 4.06. The summed E-state index contributed by atoms with van der Waals surface area (Å²) in [6.45, 7) is 0. The van der Waals surface area contributed by atoms with E-state index in [4.69, 9.17) is 0 Å². The molecule has 1 saturated carbocycles. The van der Waals surface area contributed by atoms with Gasteiger partial charge >= 0.3 is 0 Å². The first-order valence-corrected chi connectivity index (χ1v) is 4.79. The highest BCUT2D eigenvalue weighted by Crippen LogP contribution is 2.52. The zero-order valence-electron chi connectivity index (χ0n) is 7.33. The van der Waals surface area contributed by atoms with Gasteiger partial charge < -0.3 is 0 Å². The molecule has 0 radical (unpaired) electrons. The SMILES string of the molecule is Fc1ccc(C2=C[C@@H]3C[C@@H]3C2)cc1. The predicted molar refractivity (Wildman–Crippen MR) is 50.6 cm³/mol. The average Bonchev–Trinajstić information content (AvgIpc) is 2.75. The Hall–Kier alpha value is -1.11. The van der Waals surface area contributed by atoms with Crippen LogP contribution < -0.4 is 0 Å². The smallest absolute Gasteiger partial charge is 0.123 e. The van der Waals surface area contributed by atoms with Crippen LogP contribution in [0.3, 0.4) is 0 Å². The van der Waals surface area contributed by atoms with Crippen molar-refractivity contribution < 1.29 is 4.39 Å². The molecule has 1 aromatic rings. The lowest BCUT2D eigenvalue weighted by atomic mass is 10.0. The summed E-state index contributed by atoms with van der Waals surface area (Å²) in [7, 11) is 0. The van der Waals surface area contributed by atoms with Crippen LogP contribution in [0.4, 0.5) is 4.39 Å². The fourth-order valence-corrected chi connectivity index (χ4v) is 2.20. The van der Waals surface area contributed by atoms with Gasteiger partial charge in [-0.1, -0.05) is 18.2 Å². The number of hydrogen-bond donors (Lipinski definition) is 0. The molecule has 0 unspecified atom stereocenters. The quantitative estimate of drug-likeness (QED) is 0.613. The summed E-state index contributed by atoms with van der Waals surface area (Å²) >= 11 is 0. The predicted octanol–water partition coefficient (Wildman–Crippen LogP) is 3.25. The second kappa shape index (κ2) is 2.44. The van der Waals surface area contributed by atoms with Crippen molar-refractivity contribution >= 4 is 5.57 Å². The summed E-state index contributed by atoms with van der Waals surface area (Å²) in [6.07, 6.45) is 4.94. The van der Waals surface area contributed by atoms with E-state index in [0.29, 0.717) is 0 Å². The maximum Gasteiger partial charge on any atom is 0.123 e. The number of rotatable bonds is 1. The molecule has 0 spiro atoms. The molecule has 0 aromatic heterocycles. The first kappa shape index (κ1) is 7.31. The number of hydrogen-bond acceptors (Lipinski definition) is 0. The van der Waals surface area contributed by atoms with Crippen molar-refractivity contribution in [3.8, 4) is 0 Å². The third kappa shape index (κ3) is 1.19. The van der Waals surface area contributed by atoms with Crippen molar-refractivity contribution in [1.82, 2.24) is 0 Å². The third-order valence-electron chi connectivity index (χ3n) is 3.09. The van der Waals surface area contributed by atoms with E-state index in [0.717, 1.165) is 11.8 Å². The van der Waals surface area contributed by atoms with Gasteiger partial charge in [0.05, 0.1) is 0 Å². The zero-order chi connectivity index (χ0) is 8.84. The van der Waals surface area contributed by atoms with E-state index < -0.39 is 0 Å². The highest BCUT2D eigenvalue weighted by atomic mass is 19.1. The molecule has 1 heteroatoms. The van der Waals surface area contributed by atoms with Crippen LogP contribution in [-0.2, 0) is 0 Å². The van der Waals surface area contributed by atoms with Crippen molar-refractivity contribution in [1.29, 1.82) is 0 Å². The van der Waals surface area contributed by atoms with E-state index in [1.807, 2.05) is 12.1 Å². The summed E-state index contributed by atoms with van der Waals surface area (Å²) in [6, 6.07) is 6.85. The van der Waals surface area contributed by atoms with Gasteiger partial charge in [0.1, 0.15) is 5.82 Å². The summed E-state index contributed by atoms with van der Waals surface area (Å²) in [5, 5.41) is 0. The van der Waals surface area contributed by atoms with Crippen molar-refractivity contribution in [2.45, 2.75) is 12.8 Å². The first-order valence-electron chi connectivity index (χ1n) is 4.79. The van der Waals surface area contributed by atoms with Gasteiger partial charge in [0.15, 0.2) is 0 Å². The molecule has 0 saturated heterocycles. The molecule has 13 heavy (non-hydrogen) atoms. The molecule has 2 atom stereocenters. The molecule has 66 valence electrons. The van der Waals surface area contributed by atoms with E-state index >= 15 is 0 Å². The van der Waals surface area contributed by atoms with Gasteiger partial charge in [0, 0.05) is 0 Å². The maximum absolute atomic E-state index is 12.6. The fourth-order valence-electron chi connectivity index (χ4n) is 2.20. The lowest BCUT2D eigenvalue weighted by molar-refractivity contribution is 0.627. The van der Waals surface area contributed by atoms with Crippen LogP contribution in [0.25, 0.3) is 5.57 Å². The van der Waals surface area contributed by atoms with Crippen molar-refractivity contribution in [2.75, 3.05) is 0 Å². The van der Waals surface area contributed by atoms with Crippen LogP contribution in [0.5, 0.6) is 0 Å². The van der Waals surface area contributed by atoms with Crippen LogP contribution in [-0.4, -0.2) is 0 Å². The molecule has 3 rings (SSSR count). The van der Waals surface area contributed by atoms with Gasteiger partial charge in [0.25, 0.3) is 0 Å². The molecule has 1 fully saturated rings. The molecule has 1 aromatic carbocycles. The summed E-state index contributed by atoms with van der Waals surface area (Å²) in [4.78, 5) is 0. The Balaban J connectivity index is 1.92. The highest BCUT2D eigenvalue weighted by Gasteiger charge is 2.40. The number of benzene rings is 1. The van der Waals surface area contributed by atoms with Gasteiger partial charge in [-0.15, -0.1) is 0 Å². The number of halogens is 1. The lowest BCUT2D eigenvalue weighted by Crippen LogP contribution is -1.83. The van der Waals surface area contributed by atoms with Gasteiger partial charge in [-0.3, -0.25) is 0 Å². The molecule has 0 amide bonds. The largest absolute Gasteiger partial charge is 0.207 e. The van der Waals surface area contributed by atoms with E-state index in [-0.39, 0.29) is 5.82 Å². The zero-order valence-corrected chi connectivity index (χ0v) is 7.33. The lowest BCUT2D eigenvalue weighted by Gasteiger charge is -2.02.